The van der Waals surface area contributed by atoms with E-state index in [0.717, 1.165) is 18.0 Å². The van der Waals surface area contributed by atoms with Gasteiger partial charge in [0, 0.05) is 24.3 Å². The Labute approximate surface area is 196 Å². The molecule has 31 heavy (non-hydrogen) atoms. The third-order valence-corrected chi connectivity index (χ3v) is 7.31. The smallest absolute Gasteiger partial charge is 0.354 e. The van der Waals surface area contributed by atoms with Crippen molar-refractivity contribution in [3.05, 3.63) is 34.2 Å². The number of carbonyl (C=O) groups excluding carboxylic acids is 3. The normalized spacial score (nSPS) is 22.2. The second-order valence-electron chi connectivity index (χ2n) is 6.86. The van der Waals surface area contributed by atoms with Gasteiger partial charge in [0.2, 0.25) is 5.91 Å². The Morgan fingerprint density at radius 1 is 1.35 bits per heavy atom. The molecule has 3 heterocycles. The van der Waals surface area contributed by atoms with Gasteiger partial charge in [-0.25, -0.2) is 4.79 Å². The highest BCUT2D eigenvalue weighted by Gasteiger charge is 2.66. The molecule has 0 bridgehead atoms. The summed E-state index contributed by atoms with van der Waals surface area (Å²) in [6, 6.07) is 3.73. The molecule has 2 amide bonds. The van der Waals surface area contributed by atoms with E-state index in [0.29, 0.717) is 12.3 Å². The molecule has 0 radical (unpaired) electrons. The van der Waals surface area contributed by atoms with Crippen LogP contribution < -0.4 is 5.32 Å². The van der Waals surface area contributed by atoms with Gasteiger partial charge in [-0.1, -0.05) is 19.9 Å². The molecule has 2 aliphatic rings. The summed E-state index contributed by atoms with van der Waals surface area (Å²) < 4.78 is 10.9. The van der Waals surface area contributed by atoms with Gasteiger partial charge in [0.1, 0.15) is 17.7 Å². The van der Waals surface area contributed by atoms with Crippen LogP contribution in [0.3, 0.4) is 0 Å². The SMILES string of the molecule is CCN(CC)CCOC(=O)C1=CCSC2N1C(=O)C2(NC(=O)Cc1cccs1)OC.Cl. The number of ether oxygens (including phenoxy) is 2. The average Bonchev–Trinajstić information content (AvgIpc) is 3.26. The summed E-state index contributed by atoms with van der Waals surface area (Å²) in [4.78, 5) is 42.5. The molecule has 0 aliphatic carbocycles. The topological polar surface area (TPSA) is 88.2 Å². The van der Waals surface area contributed by atoms with Gasteiger partial charge in [-0.3, -0.25) is 14.5 Å². The van der Waals surface area contributed by atoms with Crippen molar-refractivity contribution in [3.8, 4) is 0 Å². The molecule has 1 aromatic rings. The van der Waals surface area contributed by atoms with Gasteiger partial charge >= 0.3 is 5.97 Å². The molecule has 2 unspecified atom stereocenters. The Morgan fingerprint density at radius 2 is 2.10 bits per heavy atom. The van der Waals surface area contributed by atoms with Crippen LogP contribution in [0.25, 0.3) is 0 Å². The molecule has 11 heteroatoms. The minimum Gasteiger partial charge on any atom is -0.460 e. The first kappa shape index (κ1) is 25.7. The minimum absolute atomic E-state index is 0. The van der Waals surface area contributed by atoms with Crippen LogP contribution in [0, 0.1) is 0 Å². The third-order valence-electron chi connectivity index (χ3n) is 5.22. The number of β-lactam (4-membered cyclic amide) rings is 1. The zero-order valence-electron chi connectivity index (χ0n) is 17.8. The van der Waals surface area contributed by atoms with Crippen molar-refractivity contribution in [2.45, 2.75) is 31.4 Å². The fraction of sp³-hybridized carbons (Fsp3) is 0.550. The highest BCUT2D eigenvalue weighted by Crippen LogP contribution is 2.44. The fourth-order valence-corrected chi connectivity index (χ4v) is 5.48. The first-order valence-electron chi connectivity index (χ1n) is 9.90. The number of thiophene rings is 1. The van der Waals surface area contributed by atoms with Gasteiger partial charge in [0.15, 0.2) is 0 Å². The third kappa shape index (κ3) is 5.25. The van der Waals surface area contributed by atoms with Crippen molar-refractivity contribution in [1.82, 2.24) is 15.1 Å². The van der Waals surface area contributed by atoms with E-state index in [1.165, 1.54) is 35.1 Å². The number of nitrogens with zero attached hydrogens (tertiary/aromatic N) is 2. The van der Waals surface area contributed by atoms with Crippen LogP contribution in [-0.2, 0) is 30.3 Å². The van der Waals surface area contributed by atoms with E-state index in [9.17, 15) is 14.4 Å². The summed E-state index contributed by atoms with van der Waals surface area (Å²) in [7, 11) is 1.39. The monoisotopic (exact) mass is 489 g/mol. The Bertz CT molecular complexity index is 816. The molecule has 172 valence electrons. The zero-order chi connectivity index (χ0) is 21.7. The van der Waals surface area contributed by atoms with Crippen LogP contribution in [0.1, 0.15) is 18.7 Å². The van der Waals surface area contributed by atoms with Crippen molar-refractivity contribution in [2.24, 2.45) is 0 Å². The Kier molecular flexibility index (Phi) is 9.38. The molecule has 3 rings (SSSR count). The van der Waals surface area contributed by atoms with E-state index in [2.05, 4.69) is 10.2 Å². The number of methoxy groups -OCH3 is 1. The number of amides is 2. The van der Waals surface area contributed by atoms with Crippen molar-refractivity contribution in [2.75, 3.05) is 39.1 Å². The Hall–Kier alpha value is -1.59. The average molecular weight is 490 g/mol. The molecule has 1 N–H and O–H groups in total. The molecular formula is C20H28ClN3O5S2. The van der Waals surface area contributed by atoms with E-state index in [4.69, 9.17) is 9.47 Å². The van der Waals surface area contributed by atoms with Crippen molar-refractivity contribution in [3.63, 3.8) is 0 Å². The van der Waals surface area contributed by atoms with Crippen LogP contribution in [0.15, 0.2) is 29.3 Å². The summed E-state index contributed by atoms with van der Waals surface area (Å²) >= 11 is 2.91. The number of thioether (sulfide) groups is 1. The summed E-state index contributed by atoms with van der Waals surface area (Å²) in [6.45, 7) is 6.74. The minimum atomic E-state index is -1.47. The molecule has 0 aromatic carbocycles. The van der Waals surface area contributed by atoms with E-state index in [-0.39, 0.29) is 37.0 Å². The molecule has 2 aliphatic heterocycles. The van der Waals surface area contributed by atoms with Crippen LogP contribution in [0.5, 0.6) is 0 Å². The number of hydrogen-bond donors (Lipinski definition) is 1. The Balaban J connectivity index is 0.00000341. The molecule has 0 spiro atoms. The second kappa shape index (κ2) is 11.3. The largest absolute Gasteiger partial charge is 0.460 e. The van der Waals surface area contributed by atoms with Crippen molar-refractivity contribution >= 4 is 53.3 Å². The van der Waals surface area contributed by atoms with E-state index < -0.39 is 23.0 Å². The quantitative estimate of drug-likeness (QED) is 0.305. The first-order chi connectivity index (χ1) is 14.5. The summed E-state index contributed by atoms with van der Waals surface area (Å²) in [6.07, 6.45) is 1.86. The summed E-state index contributed by atoms with van der Waals surface area (Å²) in [5, 5.41) is 4.12. The number of hydrogen-bond acceptors (Lipinski definition) is 8. The molecule has 2 atom stereocenters. The van der Waals surface area contributed by atoms with Gasteiger partial charge < -0.3 is 19.7 Å². The number of fused-ring (bicyclic) bond motifs is 1. The molecule has 1 fully saturated rings. The number of carbonyl (C=O) groups is 3. The molecule has 8 nitrogen and oxygen atoms in total. The molecule has 0 saturated carbocycles. The standard InChI is InChI=1S/C20H27N3O5S2.ClH/c1-4-22(5-2)9-10-28-17(25)15-8-12-30-19-20(27-3,18(26)23(15)19)21-16(24)13-14-7-6-11-29-14;/h6-8,11,19H,4-5,9-10,12-13H2,1-3H3,(H,21,24);1H. The van der Waals surface area contributed by atoms with Crippen LogP contribution in [0.2, 0.25) is 0 Å². The molecule has 1 saturated heterocycles. The highest BCUT2D eigenvalue weighted by molar-refractivity contribution is 8.00. The lowest BCUT2D eigenvalue weighted by Gasteiger charge is -2.55. The van der Waals surface area contributed by atoms with Crippen LogP contribution >= 0.6 is 35.5 Å². The van der Waals surface area contributed by atoms with Crippen molar-refractivity contribution in [1.29, 1.82) is 0 Å². The summed E-state index contributed by atoms with van der Waals surface area (Å²) in [5.74, 6) is -0.782. The maximum atomic E-state index is 13.0. The van der Waals surface area contributed by atoms with Gasteiger partial charge in [0.05, 0.1) is 6.42 Å². The predicted molar refractivity (Wildman–Crippen MR) is 123 cm³/mol. The lowest BCUT2D eigenvalue weighted by atomic mass is 9.99. The first-order valence-corrected chi connectivity index (χ1v) is 11.8. The lowest BCUT2D eigenvalue weighted by molar-refractivity contribution is -0.192. The van der Waals surface area contributed by atoms with Gasteiger partial charge in [-0.2, -0.15) is 0 Å². The maximum Gasteiger partial charge on any atom is 0.354 e. The van der Waals surface area contributed by atoms with E-state index in [1.54, 1.807) is 6.08 Å². The maximum absolute atomic E-state index is 13.0. The molecule has 1 aromatic heterocycles. The Morgan fingerprint density at radius 3 is 2.71 bits per heavy atom. The van der Waals surface area contributed by atoms with Crippen LogP contribution in [0.4, 0.5) is 0 Å². The second-order valence-corrected chi connectivity index (χ2v) is 9.00. The lowest BCUT2D eigenvalue weighted by Crippen LogP contribution is -2.80. The highest BCUT2D eigenvalue weighted by atomic mass is 35.5. The van der Waals surface area contributed by atoms with E-state index >= 15 is 0 Å². The van der Waals surface area contributed by atoms with Gasteiger partial charge in [0.25, 0.3) is 11.6 Å². The number of halogens is 1. The number of esters is 1. The van der Waals surface area contributed by atoms with E-state index in [1.807, 2.05) is 31.4 Å². The number of likely N-dealkylation sites (N-methyl/N-ethyl adjacent to an activating group) is 1. The zero-order valence-corrected chi connectivity index (χ0v) is 20.2. The van der Waals surface area contributed by atoms with Gasteiger partial charge in [-0.15, -0.1) is 35.5 Å². The number of rotatable bonds is 10. The van der Waals surface area contributed by atoms with Gasteiger partial charge in [-0.05, 0) is 30.6 Å². The summed E-state index contributed by atoms with van der Waals surface area (Å²) in [5.41, 5.74) is -1.26. The predicted octanol–water partition coefficient (Wildman–Crippen LogP) is 1.86. The fourth-order valence-electron chi connectivity index (χ4n) is 3.49. The van der Waals surface area contributed by atoms with Crippen molar-refractivity contribution < 1.29 is 23.9 Å². The van der Waals surface area contributed by atoms with Crippen LogP contribution in [-0.4, -0.2) is 77.8 Å². The molecular weight excluding hydrogens is 462 g/mol. The number of nitrogens with one attached hydrogen (secondary N) is 1.